The minimum Gasteiger partial charge on any atom is -0.334 e. The summed E-state index contributed by atoms with van der Waals surface area (Å²) in [6.07, 6.45) is 3.28. The van der Waals surface area contributed by atoms with E-state index in [1.807, 2.05) is 6.07 Å². The second kappa shape index (κ2) is 9.33. The molecule has 0 aliphatic heterocycles. The molecule has 1 heterocycles. The number of aromatic nitrogens is 1. The fourth-order valence-corrected chi connectivity index (χ4v) is 3.71. The summed E-state index contributed by atoms with van der Waals surface area (Å²) in [5.41, 5.74) is 7.36. The number of hydrogen-bond acceptors (Lipinski definition) is 5. The molecule has 0 spiro atoms. The van der Waals surface area contributed by atoms with Crippen molar-refractivity contribution in [3.63, 3.8) is 0 Å². The maximum Gasteiger partial charge on any atom is 0.319 e. The Labute approximate surface area is 173 Å². The highest BCUT2D eigenvalue weighted by Gasteiger charge is 2.16. The van der Waals surface area contributed by atoms with E-state index in [1.54, 1.807) is 18.5 Å². The van der Waals surface area contributed by atoms with Crippen molar-refractivity contribution in [2.24, 2.45) is 5.73 Å². The smallest absolute Gasteiger partial charge is 0.319 e. The van der Waals surface area contributed by atoms with E-state index in [2.05, 4.69) is 20.3 Å². The molecule has 8 nitrogen and oxygen atoms in total. The summed E-state index contributed by atoms with van der Waals surface area (Å²) in [6.45, 7) is 0.282. The summed E-state index contributed by atoms with van der Waals surface area (Å²) in [7, 11) is -3.91. The number of amides is 2. The van der Waals surface area contributed by atoms with Gasteiger partial charge in [0.15, 0.2) is 0 Å². The first kappa shape index (κ1) is 21.2. The van der Waals surface area contributed by atoms with Gasteiger partial charge in [0.1, 0.15) is 5.82 Å². The summed E-state index contributed by atoms with van der Waals surface area (Å²) >= 11 is 0. The Morgan fingerprint density at radius 1 is 1.10 bits per heavy atom. The van der Waals surface area contributed by atoms with E-state index in [0.717, 1.165) is 11.6 Å². The number of nitrogens with one attached hydrogen (secondary N) is 3. The largest absolute Gasteiger partial charge is 0.334 e. The highest BCUT2D eigenvalue weighted by atomic mass is 32.2. The zero-order valence-electron chi connectivity index (χ0n) is 15.8. The van der Waals surface area contributed by atoms with Gasteiger partial charge in [-0.2, -0.15) is 0 Å². The monoisotopic (exact) mass is 429 g/mol. The van der Waals surface area contributed by atoms with Gasteiger partial charge in [-0.15, -0.1) is 0 Å². The van der Waals surface area contributed by atoms with E-state index >= 15 is 0 Å². The Morgan fingerprint density at radius 3 is 2.53 bits per heavy atom. The van der Waals surface area contributed by atoms with Gasteiger partial charge in [-0.1, -0.05) is 6.07 Å². The van der Waals surface area contributed by atoms with Crippen molar-refractivity contribution in [2.75, 3.05) is 10.0 Å². The highest BCUT2D eigenvalue weighted by Crippen LogP contribution is 2.22. The van der Waals surface area contributed by atoms with Gasteiger partial charge in [-0.05, 0) is 59.7 Å². The van der Waals surface area contributed by atoms with Crippen molar-refractivity contribution in [1.29, 1.82) is 0 Å². The molecule has 0 bridgehead atoms. The number of benzene rings is 2. The van der Waals surface area contributed by atoms with Crippen molar-refractivity contribution >= 4 is 27.4 Å². The molecular formula is C20H20FN5O3S. The van der Waals surface area contributed by atoms with Crippen LogP contribution < -0.4 is 21.1 Å². The molecule has 0 fully saturated rings. The molecule has 1 aromatic heterocycles. The van der Waals surface area contributed by atoms with Crippen molar-refractivity contribution in [3.8, 4) is 0 Å². The number of anilines is 2. The molecule has 0 saturated carbocycles. The predicted octanol–water partition coefficient (Wildman–Crippen LogP) is 2.80. The number of rotatable bonds is 7. The lowest BCUT2D eigenvalue weighted by Gasteiger charge is -2.12. The van der Waals surface area contributed by atoms with Crippen LogP contribution in [0.25, 0.3) is 0 Å². The summed E-state index contributed by atoms with van der Waals surface area (Å²) in [4.78, 5) is 15.9. The molecule has 0 atom stereocenters. The Hall–Kier alpha value is -3.50. The van der Waals surface area contributed by atoms with Crippen molar-refractivity contribution in [1.82, 2.24) is 10.3 Å². The number of pyridine rings is 1. The average Bonchev–Trinajstić information content (AvgIpc) is 2.74. The van der Waals surface area contributed by atoms with E-state index in [0.29, 0.717) is 17.8 Å². The van der Waals surface area contributed by atoms with Crippen molar-refractivity contribution in [2.45, 2.75) is 18.0 Å². The van der Waals surface area contributed by atoms with Crippen LogP contribution in [0.1, 0.15) is 11.1 Å². The number of hydrogen-bond donors (Lipinski definition) is 4. The van der Waals surface area contributed by atoms with Crippen molar-refractivity contribution in [3.05, 3.63) is 83.9 Å². The van der Waals surface area contributed by atoms with Gasteiger partial charge < -0.3 is 16.4 Å². The minimum absolute atomic E-state index is 0.0175. The first-order chi connectivity index (χ1) is 14.4. The summed E-state index contributed by atoms with van der Waals surface area (Å²) in [6, 6.07) is 12.4. The first-order valence-electron chi connectivity index (χ1n) is 8.92. The average molecular weight is 429 g/mol. The molecule has 156 valence electrons. The molecule has 30 heavy (non-hydrogen) atoms. The molecule has 0 radical (unpaired) electrons. The maximum atomic E-state index is 13.3. The van der Waals surface area contributed by atoms with Crippen LogP contribution in [-0.2, 0) is 23.1 Å². The van der Waals surface area contributed by atoms with E-state index in [9.17, 15) is 17.6 Å². The third kappa shape index (κ3) is 5.52. The van der Waals surface area contributed by atoms with Crippen LogP contribution in [-0.4, -0.2) is 19.4 Å². The molecule has 5 N–H and O–H groups in total. The lowest BCUT2D eigenvalue weighted by atomic mass is 10.2. The van der Waals surface area contributed by atoms with Crippen LogP contribution in [0.5, 0.6) is 0 Å². The zero-order chi connectivity index (χ0) is 21.6. The molecule has 0 unspecified atom stereocenters. The third-order valence-electron chi connectivity index (χ3n) is 4.13. The van der Waals surface area contributed by atoms with E-state index in [-0.39, 0.29) is 17.1 Å². The second-order valence-corrected chi connectivity index (χ2v) is 7.99. The van der Waals surface area contributed by atoms with E-state index in [4.69, 9.17) is 5.73 Å². The van der Waals surface area contributed by atoms with Gasteiger partial charge in [-0.3, -0.25) is 9.71 Å². The van der Waals surface area contributed by atoms with Gasteiger partial charge in [0, 0.05) is 31.2 Å². The van der Waals surface area contributed by atoms with E-state index < -0.39 is 21.9 Å². The van der Waals surface area contributed by atoms with Crippen LogP contribution in [0.4, 0.5) is 20.6 Å². The molecule has 10 heteroatoms. The summed E-state index contributed by atoms with van der Waals surface area (Å²) in [5.74, 6) is -0.504. The quantitative estimate of drug-likeness (QED) is 0.459. The molecule has 0 aliphatic rings. The number of carbonyl (C=O) groups excluding carboxylic acids is 1. The Bertz CT molecular complexity index is 1120. The molecule has 3 rings (SSSR count). The Kier molecular flexibility index (Phi) is 6.60. The fraction of sp³-hybridized carbons (Fsp3) is 0.100. The molecule has 2 aromatic carbocycles. The fourth-order valence-electron chi connectivity index (χ4n) is 2.61. The second-order valence-electron chi connectivity index (χ2n) is 6.30. The SMILES string of the molecule is NCc1cc(F)ccc1NS(=O)(=O)c1ccc(NC(=O)NCc2cccnc2)cc1. The first-order valence-corrected chi connectivity index (χ1v) is 10.4. The topological polar surface area (TPSA) is 126 Å². The number of carbonyl (C=O) groups is 1. The molecule has 0 aliphatic carbocycles. The Balaban J connectivity index is 1.63. The minimum atomic E-state index is -3.91. The number of nitrogens with zero attached hydrogens (tertiary/aromatic N) is 1. The number of sulfonamides is 1. The third-order valence-corrected chi connectivity index (χ3v) is 5.51. The molecule has 0 saturated heterocycles. The highest BCUT2D eigenvalue weighted by molar-refractivity contribution is 7.92. The Morgan fingerprint density at radius 2 is 1.87 bits per heavy atom. The number of urea groups is 1. The van der Waals surface area contributed by atoms with Crippen molar-refractivity contribution < 1.29 is 17.6 Å². The van der Waals surface area contributed by atoms with Gasteiger partial charge in [0.2, 0.25) is 0 Å². The normalized spacial score (nSPS) is 11.0. The maximum absolute atomic E-state index is 13.3. The van der Waals surface area contributed by atoms with Gasteiger partial charge in [-0.25, -0.2) is 17.6 Å². The number of nitrogens with two attached hydrogens (primary N) is 1. The lowest BCUT2D eigenvalue weighted by molar-refractivity contribution is 0.251. The molecule has 2 amide bonds. The van der Waals surface area contributed by atoms with Crippen LogP contribution in [0.2, 0.25) is 0 Å². The zero-order valence-corrected chi connectivity index (χ0v) is 16.6. The van der Waals surface area contributed by atoms with E-state index in [1.165, 1.54) is 36.4 Å². The predicted molar refractivity (Wildman–Crippen MR) is 112 cm³/mol. The van der Waals surface area contributed by atoms with Crippen LogP contribution in [0.3, 0.4) is 0 Å². The van der Waals surface area contributed by atoms with Gasteiger partial charge in [0.05, 0.1) is 10.6 Å². The van der Waals surface area contributed by atoms with Crippen LogP contribution in [0.15, 0.2) is 71.9 Å². The summed E-state index contributed by atoms with van der Waals surface area (Å²) in [5, 5.41) is 5.30. The van der Waals surface area contributed by atoms with Crippen LogP contribution in [0, 0.1) is 5.82 Å². The molecular weight excluding hydrogens is 409 g/mol. The van der Waals surface area contributed by atoms with Gasteiger partial charge in [0.25, 0.3) is 10.0 Å². The lowest BCUT2D eigenvalue weighted by Crippen LogP contribution is -2.28. The van der Waals surface area contributed by atoms with Gasteiger partial charge >= 0.3 is 6.03 Å². The standard InChI is InChI=1S/C20H20FN5O3S/c21-16-3-8-19(15(10-16)11-22)26-30(28,29)18-6-4-17(5-7-18)25-20(27)24-13-14-2-1-9-23-12-14/h1-10,12,26H,11,13,22H2,(H2,24,25,27). The number of halogens is 1. The van der Waals surface area contributed by atoms with Crippen LogP contribution >= 0.6 is 0 Å². The summed E-state index contributed by atoms with van der Waals surface area (Å²) < 4.78 is 40.9. The molecule has 3 aromatic rings.